The summed E-state index contributed by atoms with van der Waals surface area (Å²) in [6, 6.07) is 7.15. The summed E-state index contributed by atoms with van der Waals surface area (Å²) >= 11 is 0. The maximum Gasteiger partial charge on any atom is 0.387 e. The third-order valence-electron chi connectivity index (χ3n) is 3.22. The zero-order valence-electron chi connectivity index (χ0n) is 11.9. The van der Waals surface area contributed by atoms with Gasteiger partial charge in [-0.2, -0.15) is 13.9 Å². The zero-order chi connectivity index (χ0) is 15.1. The van der Waals surface area contributed by atoms with E-state index in [1.807, 2.05) is 18.3 Å². The Morgan fingerprint density at radius 3 is 2.62 bits per heavy atom. The van der Waals surface area contributed by atoms with E-state index in [1.54, 1.807) is 18.3 Å². The highest BCUT2D eigenvalue weighted by Crippen LogP contribution is 2.16. The van der Waals surface area contributed by atoms with Crippen LogP contribution in [-0.4, -0.2) is 22.9 Å². The van der Waals surface area contributed by atoms with Crippen LogP contribution in [-0.2, 0) is 13.0 Å². The number of H-pyrrole nitrogens is 1. The molecular formula is C15H19F2N3O. The third kappa shape index (κ3) is 5.51. The van der Waals surface area contributed by atoms with Gasteiger partial charge in [0, 0.05) is 24.3 Å². The molecule has 2 aromatic rings. The Kier molecular flexibility index (Phi) is 5.68. The monoisotopic (exact) mass is 295 g/mol. The van der Waals surface area contributed by atoms with Gasteiger partial charge in [-0.15, -0.1) is 0 Å². The first kappa shape index (κ1) is 15.4. The lowest BCUT2D eigenvalue weighted by Crippen LogP contribution is -2.25. The summed E-state index contributed by atoms with van der Waals surface area (Å²) in [6.07, 6.45) is 5.50. The molecule has 114 valence electrons. The minimum Gasteiger partial charge on any atom is -0.435 e. The molecule has 1 heterocycles. The maximum absolute atomic E-state index is 12.0. The van der Waals surface area contributed by atoms with Gasteiger partial charge >= 0.3 is 6.61 Å². The molecular weight excluding hydrogens is 276 g/mol. The number of halogens is 2. The molecule has 2 N–H and O–H groups in total. The Hall–Kier alpha value is -1.95. The molecule has 0 amide bonds. The molecule has 0 spiro atoms. The number of hydrogen-bond acceptors (Lipinski definition) is 3. The summed E-state index contributed by atoms with van der Waals surface area (Å²) in [5, 5.41) is 10.1. The van der Waals surface area contributed by atoms with Crippen LogP contribution in [0.3, 0.4) is 0 Å². The van der Waals surface area contributed by atoms with Crippen molar-refractivity contribution in [3.05, 3.63) is 47.8 Å². The van der Waals surface area contributed by atoms with Gasteiger partial charge in [-0.25, -0.2) is 0 Å². The largest absolute Gasteiger partial charge is 0.435 e. The summed E-state index contributed by atoms with van der Waals surface area (Å²) in [4.78, 5) is 0. The number of aromatic amines is 1. The minimum absolute atomic E-state index is 0.194. The normalized spacial score (nSPS) is 12.6. The minimum atomic E-state index is -2.78. The van der Waals surface area contributed by atoms with Crippen molar-refractivity contribution in [2.75, 3.05) is 0 Å². The lowest BCUT2D eigenvalue weighted by Gasteiger charge is -2.13. The van der Waals surface area contributed by atoms with Gasteiger partial charge < -0.3 is 10.1 Å². The smallest absolute Gasteiger partial charge is 0.387 e. The SMILES string of the molecule is CC(CCc1ccc(OC(F)F)cc1)NCc1cn[nH]c1. The van der Waals surface area contributed by atoms with Gasteiger partial charge in [-0.05, 0) is 37.5 Å². The van der Waals surface area contributed by atoms with E-state index in [1.165, 1.54) is 0 Å². The van der Waals surface area contributed by atoms with E-state index in [-0.39, 0.29) is 5.75 Å². The van der Waals surface area contributed by atoms with E-state index in [0.29, 0.717) is 6.04 Å². The second-order valence-corrected chi connectivity index (χ2v) is 4.95. The summed E-state index contributed by atoms with van der Waals surface area (Å²) in [7, 11) is 0. The van der Waals surface area contributed by atoms with Crippen LogP contribution in [0.4, 0.5) is 8.78 Å². The fourth-order valence-electron chi connectivity index (χ4n) is 1.99. The average molecular weight is 295 g/mol. The van der Waals surface area contributed by atoms with Crippen molar-refractivity contribution in [2.45, 2.75) is 39.0 Å². The Morgan fingerprint density at radius 1 is 1.24 bits per heavy atom. The van der Waals surface area contributed by atoms with Gasteiger partial charge in [0.05, 0.1) is 6.20 Å². The predicted octanol–water partition coefficient (Wildman–Crippen LogP) is 3.12. The van der Waals surface area contributed by atoms with E-state index >= 15 is 0 Å². The van der Waals surface area contributed by atoms with E-state index in [9.17, 15) is 8.78 Å². The molecule has 0 bridgehead atoms. The molecule has 0 aliphatic heterocycles. The molecule has 0 fully saturated rings. The lowest BCUT2D eigenvalue weighted by atomic mass is 10.1. The molecule has 0 saturated carbocycles. The average Bonchev–Trinajstić information content (AvgIpc) is 2.97. The van der Waals surface area contributed by atoms with Crippen LogP contribution in [0, 0.1) is 0 Å². The van der Waals surface area contributed by atoms with Crippen molar-refractivity contribution in [3.8, 4) is 5.75 Å². The Balaban J connectivity index is 1.71. The van der Waals surface area contributed by atoms with Crippen LogP contribution in [0.25, 0.3) is 0 Å². The van der Waals surface area contributed by atoms with Gasteiger partial charge in [0.25, 0.3) is 0 Å². The molecule has 1 aromatic carbocycles. The van der Waals surface area contributed by atoms with Crippen molar-refractivity contribution in [2.24, 2.45) is 0 Å². The maximum atomic E-state index is 12.0. The highest BCUT2D eigenvalue weighted by Gasteiger charge is 2.05. The highest BCUT2D eigenvalue weighted by molar-refractivity contribution is 5.27. The van der Waals surface area contributed by atoms with Crippen molar-refractivity contribution >= 4 is 0 Å². The van der Waals surface area contributed by atoms with E-state index in [2.05, 4.69) is 27.2 Å². The van der Waals surface area contributed by atoms with Gasteiger partial charge in [-0.3, -0.25) is 5.10 Å². The van der Waals surface area contributed by atoms with E-state index < -0.39 is 6.61 Å². The Morgan fingerprint density at radius 2 is 2.00 bits per heavy atom. The van der Waals surface area contributed by atoms with Gasteiger partial charge in [0.15, 0.2) is 0 Å². The second kappa shape index (κ2) is 7.73. The molecule has 0 aliphatic carbocycles. The highest BCUT2D eigenvalue weighted by atomic mass is 19.3. The molecule has 0 radical (unpaired) electrons. The van der Waals surface area contributed by atoms with Crippen LogP contribution in [0.1, 0.15) is 24.5 Å². The van der Waals surface area contributed by atoms with Crippen molar-refractivity contribution in [1.29, 1.82) is 0 Å². The first-order valence-electron chi connectivity index (χ1n) is 6.88. The second-order valence-electron chi connectivity index (χ2n) is 4.95. The Labute approximate surface area is 122 Å². The van der Waals surface area contributed by atoms with E-state index in [0.717, 1.165) is 30.5 Å². The molecule has 1 atom stereocenters. The summed E-state index contributed by atoms with van der Waals surface area (Å²) in [6.45, 7) is 0.121. The lowest BCUT2D eigenvalue weighted by molar-refractivity contribution is -0.0498. The van der Waals surface area contributed by atoms with Crippen LogP contribution in [0.15, 0.2) is 36.7 Å². The first-order valence-corrected chi connectivity index (χ1v) is 6.88. The van der Waals surface area contributed by atoms with E-state index in [4.69, 9.17) is 0 Å². The number of rotatable bonds is 8. The number of nitrogens with zero attached hydrogens (tertiary/aromatic N) is 1. The van der Waals surface area contributed by atoms with Gasteiger partial charge in [0.1, 0.15) is 5.75 Å². The van der Waals surface area contributed by atoms with Crippen molar-refractivity contribution < 1.29 is 13.5 Å². The van der Waals surface area contributed by atoms with Crippen LogP contribution in [0.2, 0.25) is 0 Å². The topological polar surface area (TPSA) is 49.9 Å². The molecule has 4 nitrogen and oxygen atoms in total. The zero-order valence-corrected chi connectivity index (χ0v) is 11.9. The number of aryl methyl sites for hydroxylation is 1. The predicted molar refractivity (Wildman–Crippen MR) is 76.3 cm³/mol. The number of alkyl halides is 2. The quantitative estimate of drug-likeness (QED) is 0.786. The van der Waals surface area contributed by atoms with Crippen LogP contribution < -0.4 is 10.1 Å². The van der Waals surface area contributed by atoms with Crippen LogP contribution in [0.5, 0.6) is 5.75 Å². The molecule has 0 saturated heterocycles. The number of ether oxygens (including phenoxy) is 1. The third-order valence-corrected chi connectivity index (χ3v) is 3.22. The van der Waals surface area contributed by atoms with Gasteiger partial charge in [-0.1, -0.05) is 12.1 Å². The molecule has 1 aromatic heterocycles. The number of nitrogens with one attached hydrogen (secondary N) is 2. The standard InChI is InChI=1S/C15H19F2N3O/c1-11(18-8-13-9-19-20-10-13)2-3-12-4-6-14(7-5-12)21-15(16)17/h4-7,9-11,15,18H,2-3,8H2,1H3,(H,19,20). The number of hydrogen-bond donors (Lipinski definition) is 2. The molecule has 6 heteroatoms. The van der Waals surface area contributed by atoms with Crippen molar-refractivity contribution in [1.82, 2.24) is 15.5 Å². The summed E-state index contributed by atoms with van der Waals surface area (Å²) in [5.74, 6) is 0.194. The molecule has 1 unspecified atom stereocenters. The van der Waals surface area contributed by atoms with Crippen LogP contribution >= 0.6 is 0 Å². The fraction of sp³-hybridized carbons (Fsp3) is 0.400. The van der Waals surface area contributed by atoms with Gasteiger partial charge in [0.2, 0.25) is 0 Å². The summed E-state index contributed by atoms with van der Waals surface area (Å²) in [5.41, 5.74) is 2.23. The Bertz CT molecular complexity index is 514. The number of benzene rings is 1. The van der Waals surface area contributed by atoms with Crippen molar-refractivity contribution in [3.63, 3.8) is 0 Å². The number of aromatic nitrogens is 2. The fourth-order valence-corrected chi connectivity index (χ4v) is 1.99. The molecule has 0 aliphatic rings. The summed E-state index contributed by atoms with van der Waals surface area (Å²) < 4.78 is 28.4. The molecule has 21 heavy (non-hydrogen) atoms. The first-order chi connectivity index (χ1) is 10.1. The molecule has 2 rings (SSSR count).